The minimum Gasteiger partial charge on any atom is -0.490 e. The summed E-state index contributed by atoms with van der Waals surface area (Å²) < 4.78 is 30.4. The zero-order chi connectivity index (χ0) is 20.3. The second-order valence-electron chi connectivity index (χ2n) is 6.58. The van der Waals surface area contributed by atoms with Crippen LogP contribution in [0.3, 0.4) is 0 Å². The summed E-state index contributed by atoms with van der Waals surface area (Å²) in [6.45, 7) is 0. The number of benzene rings is 2. The maximum Gasteiger partial charge on any atom is 0.311 e. The van der Waals surface area contributed by atoms with E-state index in [1.54, 1.807) is 12.1 Å². The zero-order valence-electron chi connectivity index (χ0n) is 15.3. The zero-order valence-corrected chi connectivity index (χ0v) is 16.1. The standard InChI is InChI=1S/C19H20N2O6S/c1-27-18-10-9-13(11-17(18)21(23)24)19(22)20-14-5-4-8-16(12-14)28(25,26)15-6-2-3-7-15/h4-5,8-12,15H,2-3,6-7H2,1H3,(H,20,22). The van der Waals surface area contributed by atoms with Gasteiger partial charge in [0.15, 0.2) is 15.6 Å². The number of hydrogen-bond acceptors (Lipinski definition) is 6. The van der Waals surface area contributed by atoms with Gasteiger partial charge in [0.2, 0.25) is 0 Å². The summed E-state index contributed by atoms with van der Waals surface area (Å²) in [6.07, 6.45) is 3.09. The maximum atomic E-state index is 12.7. The average Bonchev–Trinajstić information content (AvgIpc) is 3.23. The van der Waals surface area contributed by atoms with Crippen molar-refractivity contribution in [2.75, 3.05) is 12.4 Å². The number of amides is 1. The number of methoxy groups -OCH3 is 1. The molecule has 3 rings (SSSR count). The molecule has 0 unspecified atom stereocenters. The van der Waals surface area contributed by atoms with Gasteiger partial charge in [-0.25, -0.2) is 8.42 Å². The fraction of sp³-hybridized carbons (Fsp3) is 0.316. The van der Waals surface area contributed by atoms with E-state index in [9.17, 15) is 23.3 Å². The van der Waals surface area contributed by atoms with Crippen molar-refractivity contribution in [1.29, 1.82) is 0 Å². The number of carbonyl (C=O) groups excluding carboxylic acids is 1. The Labute approximate surface area is 162 Å². The van der Waals surface area contributed by atoms with Gasteiger partial charge in [0, 0.05) is 17.3 Å². The van der Waals surface area contributed by atoms with E-state index in [1.165, 1.54) is 31.4 Å². The number of nitrogens with zero attached hydrogens (tertiary/aromatic N) is 1. The molecule has 1 aliphatic rings. The van der Waals surface area contributed by atoms with Crippen LogP contribution in [0.15, 0.2) is 47.4 Å². The van der Waals surface area contributed by atoms with Gasteiger partial charge in [-0.2, -0.15) is 0 Å². The fourth-order valence-corrected chi connectivity index (χ4v) is 5.22. The van der Waals surface area contributed by atoms with Crippen molar-refractivity contribution in [3.63, 3.8) is 0 Å². The monoisotopic (exact) mass is 404 g/mol. The molecule has 0 saturated heterocycles. The number of sulfone groups is 1. The summed E-state index contributed by atoms with van der Waals surface area (Å²) >= 11 is 0. The van der Waals surface area contributed by atoms with Gasteiger partial charge in [0.05, 0.1) is 22.2 Å². The largest absolute Gasteiger partial charge is 0.490 e. The number of nitrogens with one attached hydrogen (secondary N) is 1. The van der Waals surface area contributed by atoms with Crippen LogP contribution in [0.25, 0.3) is 0 Å². The molecule has 0 heterocycles. The van der Waals surface area contributed by atoms with Crippen LogP contribution in [0.1, 0.15) is 36.0 Å². The van der Waals surface area contributed by atoms with Crippen LogP contribution in [0.5, 0.6) is 5.75 Å². The van der Waals surface area contributed by atoms with Gasteiger partial charge in [-0.3, -0.25) is 14.9 Å². The lowest BCUT2D eigenvalue weighted by Gasteiger charge is -2.13. The Hall–Kier alpha value is -2.94. The van der Waals surface area contributed by atoms with E-state index in [-0.39, 0.29) is 27.1 Å². The Balaban J connectivity index is 1.83. The summed E-state index contributed by atoms with van der Waals surface area (Å²) in [4.78, 5) is 23.1. The van der Waals surface area contributed by atoms with Gasteiger partial charge in [-0.05, 0) is 43.2 Å². The molecular weight excluding hydrogens is 384 g/mol. The van der Waals surface area contributed by atoms with Crippen molar-refractivity contribution in [2.24, 2.45) is 0 Å². The molecule has 1 saturated carbocycles. The van der Waals surface area contributed by atoms with E-state index in [1.807, 2.05) is 0 Å². The van der Waals surface area contributed by atoms with Crippen molar-refractivity contribution in [3.05, 3.63) is 58.1 Å². The summed E-state index contributed by atoms with van der Waals surface area (Å²) in [5, 5.41) is 13.3. The number of anilines is 1. The minimum atomic E-state index is -3.45. The van der Waals surface area contributed by atoms with E-state index in [2.05, 4.69) is 5.32 Å². The molecule has 2 aromatic rings. The molecule has 0 aromatic heterocycles. The number of hydrogen-bond donors (Lipinski definition) is 1. The molecule has 28 heavy (non-hydrogen) atoms. The number of carbonyl (C=O) groups is 1. The van der Waals surface area contributed by atoms with Crippen molar-refractivity contribution in [2.45, 2.75) is 35.8 Å². The molecule has 0 aliphatic heterocycles. The molecule has 1 aliphatic carbocycles. The molecule has 0 bridgehead atoms. The van der Waals surface area contributed by atoms with Crippen molar-refractivity contribution < 1.29 is 22.9 Å². The molecule has 0 atom stereocenters. The number of rotatable bonds is 6. The lowest BCUT2D eigenvalue weighted by molar-refractivity contribution is -0.385. The quantitative estimate of drug-likeness (QED) is 0.581. The smallest absolute Gasteiger partial charge is 0.311 e. The Morgan fingerprint density at radius 2 is 1.89 bits per heavy atom. The first kappa shape index (κ1) is 19.8. The van der Waals surface area contributed by atoms with Gasteiger partial charge in [0.1, 0.15) is 0 Å². The highest BCUT2D eigenvalue weighted by Crippen LogP contribution is 2.31. The number of nitro benzene ring substituents is 1. The Morgan fingerprint density at radius 1 is 1.18 bits per heavy atom. The summed E-state index contributed by atoms with van der Waals surface area (Å²) in [5.41, 5.74) is 0.0480. The van der Waals surface area contributed by atoms with Crippen LogP contribution in [0.4, 0.5) is 11.4 Å². The molecular formula is C19H20N2O6S. The van der Waals surface area contributed by atoms with Crippen LogP contribution in [0.2, 0.25) is 0 Å². The molecule has 9 heteroatoms. The van der Waals surface area contributed by atoms with Crippen LogP contribution in [-0.4, -0.2) is 31.6 Å². The first-order valence-corrected chi connectivity index (χ1v) is 10.4. The van der Waals surface area contributed by atoms with Gasteiger partial charge >= 0.3 is 5.69 Å². The van der Waals surface area contributed by atoms with Gasteiger partial charge in [-0.1, -0.05) is 18.9 Å². The average molecular weight is 404 g/mol. The fourth-order valence-electron chi connectivity index (χ4n) is 3.32. The van der Waals surface area contributed by atoms with Gasteiger partial charge < -0.3 is 10.1 Å². The third-order valence-corrected chi connectivity index (χ3v) is 7.06. The SMILES string of the molecule is COc1ccc(C(=O)Nc2cccc(S(=O)(=O)C3CCCC3)c2)cc1[N+](=O)[O-]. The number of nitro groups is 1. The molecule has 1 N–H and O–H groups in total. The summed E-state index contributed by atoms with van der Waals surface area (Å²) in [5.74, 6) is -0.535. The molecule has 1 fully saturated rings. The third-order valence-electron chi connectivity index (χ3n) is 4.80. The molecule has 2 aromatic carbocycles. The molecule has 0 spiro atoms. The molecule has 8 nitrogen and oxygen atoms in total. The number of ether oxygens (including phenoxy) is 1. The summed E-state index contributed by atoms with van der Waals surface area (Å²) in [6, 6.07) is 9.93. The Kier molecular flexibility index (Phi) is 5.64. The van der Waals surface area contributed by atoms with Crippen LogP contribution < -0.4 is 10.1 Å². The van der Waals surface area contributed by atoms with E-state index in [0.29, 0.717) is 18.5 Å². The van der Waals surface area contributed by atoms with Crippen LogP contribution in [0, 0.1) is 10.1 Å². The minimum absolute atomic E-state index is 0.0474. The second-order valence-corrected chi connectivity index (χ2v) is 8.81. The van der Waals surface area contributed by atoms with Crippen LogP contribution in [-0.2, 0) is 9.84 Å². The predicted molar refractivity (Wildman–Crippen MR) is 103 cm³/mol. The maximum absolute atomic E-state index is 12.7. The lowest BCUT2D eigenvalue weighted by Crippen LogP contribution is -2.18. The van der Waals surface area contributed by atoms with E-state index in [0.717, 1.165) is 18.9 Å². The Bertz CT molecular complexity index is 1010. The van der Waals surface area contributed by atoms with Crippen LogP contribution >= 0.6 is 0 Å². The van der Waals surface area contributed by atoms with E-state index >= 15 is 0 Å². The van der Waals surface area contributed by atoms with E-state index < -0.39 is 20.7 Å². The normalized spacial score (nSPS) is 14.6. The second kappa shape index (κ2) is 7.97. The van der Waals surface area contributed by atoms with E-state index in [4.69, 9.17) is 4.74 Å². The first-order chi connectivity index (χ1) is 13.3. The Morgan fingerprint density at radius 3 is 2.54 bits per heavy atom. The third kappa shape index (κ3) is 3.99. The first-order valence-electron chi connectivity index (χ1n) is 8.80. The van der Waals surface area contributed by atoms with Crippen molar-refractivity contribution >= 4 is 27.1 Å². The molecule has 148 valence electrons. The topological polar surface area (TPSA) is 116 Å². The highest BCUT2D eigenvalue weighted by atomic mass is 32.2. The predicted octanol–water partition coefficient (Wildman–Crippen LogP) is 3.57. The molecule has 1 amide bonds. The van der Waals surface area contributed by atoms with Gasteiger partial charge in [-0.15, -0.1) is 0 Å². The van der Waals surface area contributed by atoms with Gasteiger partial charge in [0.25, 0.3) is 5.91 Å². The lowest BCUT2D eigenvalue weighted by atomic mass is 10.1. The summed E-state index contributed by atoms with van der Waals surface area (Å²) in [7, 11) is -2.14. The molecule has 0 radical (unpaired) electrons. The van der Waals surface area contributed by atoms with Crippen molar-refractivity contribution in [3.8, 4) is 5.75 Å². The van der Waals surface area contributed by atoms with Crippen molar-refractivity contribution in [1.82, 2.24) is 0 Å². The highest BCUT2D eigenvalue weighted by molar-refractivity contribution is 7.92. The highest BCUT2D eigenvalue weighted by Gasteiger charge is 2.30.